The molecule has 7 nitrogen and oxygen atoms in total. The third-order valence-corrected chi connectivity index (χ3v) is 5.53. The zero-order valence-corrected chi connectivity index (χ0v) is 15.9. The number of hydrogen-bond donors (Lipinski definition) is 0. The summed E-state index contributed by atoms with van der Waals surface area (Å²) in [5.74, 6) is 0.891. The van der Waals surface area contributed by atoms with Crippen LogP contribution in [0.4, 0.5) is 0 Å². The number of hydrogen-bond acceptors (Lipinski definition) is 6. The number of nitrogens with zero attached hydrogens (tertiary/aromatic N) is 3. The van der Waals surface area contributed by atoms with Gasteiger partial charge in [-0.2, -0.15) is 4.31 Å². The second-order valence-corrected chi connectivity index (χ2v) is 7.84. The quantitative estimate of drug-likeness (QED) is 0.750. The minimum Gasteiger partial charge on any atom is -0.497 e. The van der Waals surface area contributed by atoms with Crippen molar-refractivity contribution in [3.63, 3.8) is 0 Å². The van der Waals surface area contributed by atoms with Gasteiger partial charge in [0.1, 0.15) is 11.4 Å². The number of benzene rings is 1. The van der Waals surface area contributed by atoms with E-state index < -0.39 is 10.0 Å². The SMILES string of the molecule is COc1cccc(CN(C)S(=O)(=O)c2c(C)noc2/C=C/N(C)C)c1. The van der Waals surface area contributed by atoms with Gasteiger partial charge in [0.05, 0.1) is 7.11 Å². The predicted octanol–water partition coefficient (Wildman–Crippen LogP) is 2.34. The molecular formula is C17H23N3O4S. The number of sulfonamides is 1. The van der Waals surface area contributed by atoms with Crippen LogP contribution >= 0.6 is 0 Å². The summed E-state index contributed by atoms with van der Waals surface area (Å²) in [6.07, 6.45) is 3.30. The minimum absolute atomic E-state index is 0.0796. The van der Waals surface area contributed by atoms with Crippen LogP contribution in [0.25, 0.3) is 6.08 Å². The van der Waals surface area contributed by atoms with E-state index >= 15 is 0 Å². The van der Waals surface area contributed by atoms with E-state index in [9.17, 15) is 8.42 Å². The molecule has 1 heterocycles. The third kappa shape index (κ3) is 4.40. The molecule has 0 unspecified atom stereocenters. The van der Waals surface area contributed by atoms with E-state index in [0.29, 0.717) is 11.4 Å². The van der Waals surface area contributed by atoms with Crippen molar-refractivity contribution in [1.29, 1.82) is 0 Å². The Kier molecular flexibility index (Phi) is 5.86. The lowest BCUT2D eigenvalue weighted by atomic mass is 10.2. The maximum Gasteiger partial charge on any atom is 0.248 e. The van der Waals surface area contributed by atoms with Crippen LogP contribution in [0.1, 0.15) is 17.0 Å². The van der Waals surface area contributed by atoms with Crippen molar-refractivity contribution in [3.8, 4) is 5.75 Å². The molecule has 2 rings (SSSR count). The van der Waals surface area contributed by atoms with Gasteiger partial charge in [0.2, 0.25) is 10.0 Å². The van der Waals surface area contributed by atoms with E-state index in [0.717, 1.165) is 5.56 Å². The summed E-state index contributed by atoms with van der Waals surface area (Å²) in [5.41, 5.74) is 1.15. The molecule has 25 heavy (non-hydrogen) atoms. The monoisotopic (exact) mass is 365 g/mol. The molecule has 0 spiro atoms. The molecule has 0 bridgehead atoms. The molecule has 1 aromatic heterocycles. The van der Waals surface area contributed by atoms with E-state index in [1.165, 1.54) is 11.4 Å². The van der Waals surface area contributed by atoms with Crippen LogP contribution in [0.3, 0.4) is 0 Å². The number of aryl methyl sites for hydroxylation is 1. The molecule has 0 N–H and O–H groups in total. The van der Waals surface area contributed by atoms with Crippen molar-refractivity contribution in [1.82, 2.24) is 14.4 Å². The summed E-state index contributed by atoms with van der Waals surface area (Å²) in [4.78, 5) is 1.87. The summed E-state index contributed by atoms with van der Waals surface area (Å²) in [7, 11) is 3.02. The topological polar surface area (TPSA) is 75.9 Å². The second kappa shape index (κ2) is 7.71. The number of ether oxygens (including phenoxy) is 1. The van der Waals surface area contributed by atoms with Crippen LogP contribution in [-0.4, -0.2) is 51.0 Å². The lowest BCUT2D eigenvalue weighted by molar-refractivity contribution is 0.404. The van der Waals surface area contributed by atoms with Gasteiger partial charge in [-0.25, -0.2) is 8.42 Å². The maximum absolute atomic E-state index is 13.0. The number of aromatic nitrogens is 1. The molecule has 0 aliphatic carbocycles. The van der Waals surface area contributed by atoms with Crippen LogP contribution in [0.15, 0.2) is 39.9 Å². The Morgan fingerprint density at radius 1 is 1.28 bits per heavy atom. The Hall–Kier alpha value is -2.32. The normalized spacial score (nSPS) is 12.1. The second-order valence-electron chi connectivity index (χ2n) is 5.85. The molecule has 0 fully saturated rings. The highest BCUT2D eigenvalue weighted by Gasteiger charge is 2.29. The third-order valence-electron chi connectivity index (χ3n) is 3.57. The van der Waals surface area contributed by atoms with Crippen LogP contribution in [0.5, 0.6) is 5.75 Å². The average Bonchev–Trinajstić information content (AvgIpc) is 2.94. The fourth-order valence-corrected chi connectivity index (χ4v) is 3.69. The lowest BCUT2D eigenvalue weighted by Crippen LogP contribution is -2.27. The van der Waals surface area contributed by atoms with Crippen LogP contribution < -0.4 is 4.74 Å². The van der Waals surface area contributed by atoms with Crippen molar-refractivity contribution >= 4 is 16.1 Å². The van der Waals surface area contributed by atoms with E-state index in [1.54, 1.807) is 37.3 Å². The van der Waals surface area contributed by atoms with Crippen LogP contribution in [-0.2, 0) is 16.6 Å². The predicted molar refractivity (Wildman–Crippen MR) is 95.6 cm³/mol. The Bertz CT molecular complexity index is 857. The minimum atomic E-state index is -3.76. The first-order chi connectivity index (χ1) is 11.8. The molecule has 2 aromatic rings. The summed E-state index contributed by atoms with van der Waals surface area (Å²) >= 11 is 0. The fourth-order valence-electron chi connectivity index (χ4n) is 2.28. The van der Waals surface area contributed by atoms with Crippen LogP contribution in [0, 0.1) is 6.92 Å². The molecule has 0 amide bonds. The highest BCUT2D eigenvalue weighted by molar-refractivity contribution is 7.89. The van der Waals surface area contributed by atoms with Gasteiger partial charge in [-0.15, -0.1) is 0 Å². The molecule has 1 aromatic carbocycles. The molecule has 0 radical (unpaired) electrons. The summed E-state index contributed by atoms with van der Waals surface area (Å²) in [6, 6.07) is 7.29. The first-order valence-corrected chi connectivity index (χ1v) is 9.10. The largest absolute Gasteiger partial charge is 0.497 e. The zero-order valence-electron chi connectivity index (χ0n) is 15.1. The Balaban J connectivity index is 2.33. The Morgan fingerprint density at radius 3 is 2.64 bits per heavy atom. The van der Waals surface area contributed by atoms with Crippen LogP contribution in [0.2, 0.25) is 0 Å². The lowest BCUT2D eigenvalue weighted by Gasteiger charge is -2.17. The smallest absolute Gasteiger partial charge is 0.248 e. The van der Waals surface area contributed by atoms with E-state index in [2.05, 4.69) is 5.16 Å². The van der Waals surface area contributed by atoms with Crippen molar-refractivity contribution < 1.29 is 17.7 Å². The standard InChI is InChI=1S/C17H23N3O4S/c1-13-17(16(24-18-13)9-10-19(2)3)25(21,22)20(4)12-14-7-6-8-15(11-14)23-5/h6-11H,12H2,1-5H3/b10-9+. The van der Waals surface area contributed by atoms with Crippen molar-refractivity contribution in [2.45, 2.75) is 18.4 Å². The zero-order chi connectivity index (χ0) is 18.6. The van der Waals surface area contributed by atoms with E-state index in [-0.39, 0.29) is 17.2 Å². The molecule has 136 valence electrons. The Morgan fingerprint density at radius 2 is 2.00 bits per heavy atom. The molecule has 0 atom stereocenters. The molecule has 0 saturated heterocycles. The molecule has 8 heteroatoms. The van der Waals surface area contributed by atoms with Crippen molar-refractivity contribution in [2.75, 3.05) is 28.3 Å². The van der Waals surface area contributed by atoms with Gasteiger partial charge in [-0.05, 0) is 24.6 Å². The van der Waals surface area contributed by atoms with Gasteiger partial charge in [0.15, 0.2) is 10.7 Å². The molecule has 0 saturated carbocycles. The van der Waals surface area contributed by atoms with E-state index in [1.807, 2.05) is 32.3 Å². The average molecular weight is 365 g/mol. The van der Waals surface area contributed by atoms with Gasteiger partial charge < -0.3 is 14.2 Å². The molecular weight excluding hydrogens is 342 g/mol. The van der Waals surface area contributed by atoms with Gasteiger partial charge in [-0.3, -0.25) is 0 Å². The van der Waals surface area contributed by atoms with Gasteiger partial charge in [0.25, 0.3) is 0 Å². The first kappa shape index (κ1) is 19.0. The van der Waals surface area contributed by atoms with Gasteiger partial charge in [-0.1, -0.05) is 17.3 Å². The molecule has 0 aliphatic heterocycles. The highest BCUT2D eigenvalue weighted by Crippen LogP contribution is 2.26. The first-order valence-electron chi connectivity index (χ1n) is 7.66. The summed E-state index contributed by atoms with van der Waals surface area (Å²) < 4.78 is 37.6. The summed E-state index contributed by atoms with van der Waals surface area (Å²) in [5, 5.41) is 3.81. The van der Waals surface area contributed by atoms with Crippen molar-refractivity contribution in [3.05, 3.63) is 47.5 Å². The van der Waals surface area contributed by atoms with Gasteiger partial charge >= 0.3 is 0 Å². The van der Waals surface area contributed by atoms with Gasteiger partial charge in [0, 0.05) is 40.0 Å². The molecule has 0 aliphatic rings. The highest BCUT2D eigenvalue weighted by atomic mass is 32.2. The fraction of sp³-hybridized carbons (Fsp3) is 0.353. The van der Waals surface area contributed by atoms with Crippen molar-refractivity contribution in [2.24, 2.45) is 0 Å². The number of methoxy groups -OCH3 is 1. The van der Waals surface area contributed by atoms with E-state index in [4.69, 9.17) is 9.26 Å². The number of rotatable bonds is 7. The summed E-state index contributed by atoms with van der Waals surface area (Å²) in [6.45, 7) is 1.82. The maximum atomic E-state index is 13.0. The Labute approximate surface area is 148 Å².